The van der Waals surface area contributed by atoms with Crippen molar-refractivity contribution in [2.24, 2.45) is 5.92 Å². The number of hydrogen-bond acceptors (Lipinski definition) is 2. The summed E-state index contributed by atoms with van der Waals surface area (Å²) in [5.74, 6) is -8.23. The van der Waals surface area contributed by atoms with Gasteiger partial charge in [0.15, 0.2) is 0 Å². The molecule has 0 unspecified atom stereocenters. The Bertz CT molecular complexity index is 1730. The van der Waals surface area contributed by atoms with Crippen LogP contribution >= 0.6 is 0 Å². The summed E-state index contributed by atoms with van der Waals surface area (Å²) in [6.07, 6.45) is -17.4. The van der Waals surface area contributed by atoms with E-state index in [9.17, 15) is 39.5 Å². The highest BCUT2D eigenvalue weighted by molar-refractivity contribution is 5.89. The minimum absolute atomic E-state index is 0.100. The predicted molar refractivity (Wildman–Crippen MR) is 148 cm³/mol. The van der Waals surface area contributed by atoms with Crippen LogP contribution in [-0.2, 0) is 15.6 Å². The summed E-state index contributed by atoms with van der Waals surface area (Å²) in [6.45, 7) is 3.70. The standard InChI is InChI=1S/C33H23F11O2/c1-2-17-3-4-19-12-20(6-5-18(19)11-17)21-13-25(34)29(26(35)14-21)22-15-27(36)30(28(37)16-22)32(40,41)45-24-9-7-23(8-10-24)31(38,39)46-33(42,43)44/h2-6,11-16,23-24H,1,7-10H2. The Morgan fingerprint density at radius 1 is 0.630 bits per heavy atom. The van der Waals surface area contributed by atoms with Gasteiger partial charge in [-0.05, 0) is 95.1 Å². The molecule has 0 radical (unpaired) electrons. The van der Waals surface area contributed by atoms with E-state index in [1.165, 1.54) is 0 Å². The quantitative estimate of drug-likeness (QED) is 0.175. The van der Waals surface area contributed by atoms with Gasteiger partial charge in [-0.25, -0.2) is 22.3 Å². The van der Waals surface area contributed by atoms with Crippen LogP contribution in [0.3, 0.4) is 0 Å². The molecule has 5 rings (SSSR count). The lowest BCUT2D eigenvalue weighted by atomic mass is 9.86. The number of rotatable bonds is 8. The lowest BCUT2D eigenvalue weighted by molar-refractivity contribution is -0.439. The van der Waals surface area contributed by atoms with Crippen molar-refractivity contribution < 1.29 is 57.8 Å². The summed E-state index contributed by atoms with van der Waals surface area (Å²) in [5, 5.41) is 1.60. The van der Waals surface area contributed by atoms with Crippen molar-refractivity contribution in [1.82, 2.24) is 0 Å². The van der Waals surface area contributed by atoms with E-state index in [0.29, 0.717) is 17.7 Å². The molecule has 0 aromatic heterocycles. The molecular weight excluding hydrogens is 637 g/mol. The van der Waals surface area contributed by atoms with Crippen molar-refractivity contribution in [1.29, 1.82) is 0 Å². The first-order chi connectivity index (χ1) is 21.5. The van der Waals surface area contributed by atoms with Gasteiger partial charge in [0.05, 0.1) is 17.6 Å². The molecule has 0 N–H and O–H groups in total. The van der Waals surface area contributed by atoms with Gasteiger partial charge in [0.25, 0.3) is 0 Å². The fourth-order valence-corrected chi connectivity index (χ4v) is 5.60. The van der Waals surface area contributed by atoms with Crippen LogP contribution in [0.1, 0.15) is 36.8 Å². The topological polar surface area (TPSA) is 18.5 Å². The van der Waals surface area contributed by atoms with Crippen LogP contribution in [-0.4, -0.2) is 18.6 Å². The number of alkyl halides is 7. The summed E-state index contributed by atoms with van der Waals surface area (Å²) in [6, 6.07) is 12.9. The first-order valence-electron chi connectivity index (χ1n) is 13.8. The van der Waals surface area contributed by atoms with E-state index < -0.39 is 96.2 Å². The molecule has 46 heavy (non-hydrogen) atoms. The Labute approximate surface area is 255 Å². The summed E-state index contributed by atoms with van der Waals surface area (Å²) in [7, 11) is 0. The van der Waals surface area contributed by atoms with Crippen LogP contribution in [0.2, 0.25) is 0 Å². The van der Waals surface area contributed by atoms with Crippen LogP contribution in [0, 0.1) is 29.2 Å². The third-order valence-electron chi connectivity index (χ3n) is 7.81. The van der Waals surface area contributed by atoms with Gasteiger partial charge < -0.3 is 4.74 Å². The molecular formula is C33H23F11O2. The molecule has 1 aliphatic rings. The van der Waals surface area contributed by atoms with Crippen LogP contribution in [0.15, 0.2) is 67.2 Å². The average molecular weight is 661 g/mol. The third kappa shape index (κ3) is 7.05. The van der Waals surface area contributed by atoms with Gasteiger partial charge in [-0.1, -0.05) is 36.9 Å². The minimum atomic E-state index is -5.63. The second-order valence-electron chi connectivity index (χ2n) is 10.9. The largest absolute Gasteiger partial charge is 0.527 e. The molecule has 1 aliphatic carbocycles. The molecule has 1 saturated carbocycles. The molecule has 0 amide bonds. The molecule has 0 atom stereocenters. The monoisotopic (exact) mass is 660 g/mol. The van der Waals surface area contributed by atoms with Gasteiger partial charge in [-0.15, -0.1) is 13.2 Å². The normalized spacial score (nSPS) is 17.8. The maximum Gasteiger partial charge on any atom is 0.527 e. The number of halogens is 11. The van der Waals surface area contributed by atoms with Crippen LogP contribution < -0.4 is 0 Å². The van der Waals surface area contributed by atoms with Crippen LogP contribution in [0.4, 0.5) is 48.3 Å². The molecule has 0 saturated heterocycles. The van der Waals surface area contributed by atoms with Gasteiger partial charge in [-0.3, -0.25) is 0 Å². The van der Waals surface area contributed by atoms with Crippen LogP contribution in [0.25, 0.3) is 39.1 Å². The fraction of sp³-hybridized carbons (Fsp3) is 0.273. The van der Waals surface area contributed by atoms with Crippen molar-refractivity contribution >= 4 is 16.8 Å². The number of ether oxygens (including phenoxy) is 2. The SMILES string of the molecule is C=Cc1ccc2cc(-c3cc(F)c(-c4cc(F)c(C(F)(F)OC5CCC(C(F)(F)OC(F)(F)F)CC5)c(F)c4)c(F)c3)ccc2c1. The first-order valence-corrected chi connectivity index (χ1v) is 13.8. The average Bonchev–Trinajstić information content (AvgIpc) is 2.94. The number of benzene rings is 4. The highest BCUT2D eigenvalue weighted by Gasteiger charge is 2.52. The molecule has 0 aliphatic heterocycles. The zero-order valence-corrected chi connectivity index (χ0v) is 23.5. The zero-order valence-electron chi connectivity index (χ0n) is 23.5. The number of hydrogen-bond donors (Lipinski definition) is 0. The Hall–Kier alpha value is -3.97. The van der Waals surface area contributed by atoms with Gasteiger partial charge in [0.1, 0.15) is 28.8 Å². The van der Waals surface area contributed by atoms with E-state index in [2.05, 4.69) is 16.1 Å². The summed E-state index contributed by atoms with van der Waals surface area (Å²) < 4.78 is 162. The lowest BCUT2D eigenvalue weighted by Crippen LogP contribution is -2.40. The molecule has 13 heteroatoms. The summed E-state index contributed by atoms with van der Waals surface area (Å²) >= 11 is 0. The molecule has 2 nitrogen and oxygen atoms in total. The van der Waals surface area contributed by atoms with Gasteiger partial charge in [-0.2, -0.15) is 17.6 Å². The van der Waals surface area contributed by atoms with E-state index in [-0.39, 0.29) is 5.56 Å². The molecule has 4 aromatic carbocycles. The summed E-state index contributed by atoms with van der Waals surface area (Å²) in [5.41, 5.74) is -2.10. The molecule has 244 valence electrons. The Morgan fingerprint density at radius 2 is 1.17 bits per heavy atom. The smallest absolute Gasteiger partial charge is 0.313 e. The molecule has 4 aromatic rings. The maximum absolute atomic E-state index is 15.2. The van der Waals surface area contributed by atoms with Crippen molar-refractivity contribution in [3.05, 3.63) is 102 Å². The van der Waals surface area contributed by atoms with Gasteiger partial charge >= 0.3 is 18.6 Å². The fourth-order valence-electron chi connectivity index (χ4n) is 5.60. The van der Waals surface area contributed by atoms with Crippen LogP contribution in [0.5, 0.6) is 0 Å². The lowest BCUT2D eigenvalue weighted by Gasteiger charge is -2.34. The van der Waals surface area contributed by atoms with E-state index in [1.54, 1.807) is 36.4 Å². The molecule has 0 heterocycles. The van der Waals surface area contributed by atoms with E-state index in [1.807, 2.05) is 6.07 Å². The maximum atomic E-state index is 15.2. The third-order valence-corrected chi connectivity index (χ3v) is 7.81. The Kier molecular flexibility index (Phi) is 8.95. The molecule has 0 spiro atoms. The van der Waals surface area contributed by atoms with E-state index >= 15 is 8.78 Å². The second-order valence-corrected chi connectivity index (χ2v) is 10.9. The van der Waals surface area contributed by atoms with Crippen molar-refractivity contribution in [3.8, 4) is 22.3 Å². The minimum Gasteiger partial charge on any atom is -0.313 e. The molecule has 0 bridgehead atoms. The van der Waals surface area contributed by atoms with E-state index in [0.717, 1.165) is 28.5 Å². The highest BCUT2D eigenvalue weighted by Crippen LogP contribution is 2.45. The Balaban J connectivity index is 1.35. The van der Waals surface area contributed by atoms with E-state index in [4.69, 9.17) is 0 Å². The predicted octanol–water partition coefficient (Wildman–Crippen LogP) is 11.1. The van der Waals surface area contributed by atoms with Crippen molar-refractivity contribution in [2.75, 3.05) is 0 Å². The number of fused-ring (bicyclic) bond motifs is 1. The zero-order chi connectivity index (χ0) is 33.6. The van der Waals surface area contributed by atoms with Gasteiger partial charge in [0, 0.05) is 0 Å². The Morgan fingerprint density at radius 3 is 1.74 bits per heavy atom. The molecule has 1 fully saturated rings. The van der Waals surface area contributed by atoms with Crippen molar-refractivity contribution in [3.63, 3.8) is 0 Å². The summed E-state index contributed by atoms with van der Waals surface area (Å²) in [4.78, 5) is 0. The van der Waals surface area contributed by atoms with Gasteiger partial charge in [0.2, 0.25) is 0 Å². The highest BCUT2D eigenvalue weighted by atomic mass is 19.4. The second kappa shape index (κ2) is 12.3. The van der Waals surface area contributed by atoms with Crippen molar-refractivity contribution in [2.45, 2.75) is 50.4 Å². The first kappa shape index (κ1) is 33.4.